The molecule has 2 aliphatic rings. The van der Waals surface area contributed by atoms with Crippen molar-refractivity contribution in [1.82, 2.24) is 9.88 Å². The number of hydrogen-bond acceptors (Lipinski definition) is 5. The molecule has 2 atom stereocenters. The number of hydrogen-bond donors (Lipinski definition) is 1. The number of anilines is 1. The van der Waals surface area contributed by atoms with E-state index in [1.807, 2.05) is 11.3 Å². The zero-order valence-electron chi connectivity index (χ0n) is 11.9. The maximum atomic E-state index is 6.18. The molecule has 2 N–H and O–H groups in total. The van der Waals surface area contributed by atoms with Gasteiger partial charge in [0.15, 0.2) is 5.13 Å². The third-order valence-corrected chi connectivity index (χ3v) is 5.66. The maximum Gasteiger partial charge on any atom is 0.185 e. The van der Waals surface area contributed by atoms with Crippen molar-refractivity contribution in [3.05, 3.63) is 10.6 Å². The topological polar surface area (TPSA) is 45.4 Å². The van der Waals surface area contributed by atoms with Gasteiger partial charge in [-0.05, 0) is 45.7 Å². The Bertz CT molecular complexity index is 445. The summed E-state index contributed by atoms with van der Waals surface area (Å²) < 4.78 is 0. The highest BCUT2D eigenvalue weighted by atomic mass is 32.1. The highest BCUT2D eigenvalue weighted by Gasteiger charge is 2.27. The molecule has 19 heavy (non-hydrogen) atoms. The fraction of sp³-hybridized carbons (Fsp3) is 0.786. The van der Waals surface area contributed by atoms with Crippen molar-refractivity contribution in [2.75, 3.05) is 32.1 Å². The molecule has 0 spiro atoms. The molecule has 1 aromatic heterocycles. The maximum absolute atomic E-state index is 6.18. The van der Waals surface area contributed by atoms with Gasteiger partial charge in [-0.25, -0.2) is 4.98 Å². The van der Waals surface area contributed by atoms with Crippen LogP contribution in [0.1, 0.15) is 42.3 Å². The van der Waals surface area contributed by atoms with Gasteiger partial charge in [0.05, 0.1) is 5.69 Å². The summed E-state index contributed by atoms with van der Waals surface area (Å²) in [6, 6.07) is 0.763. The van der Waals surface area contributed by atoms with Crippen molar-refractivity contribution in [2.24, 2.45) is 5.73 Å². The molecule has 0 radical (unpaired) electrons. The summed E-state index contributed by atoms with van der Waals surface area (Å²) >= 11 is 1.86. The summed E-state index contributed by atoms with van der Waals surface area (Å²) in [5, 5.41) is 1.17. The molecular weight excluding hydrogens is 256 g/mol. The number of rotatable bonds is 2. The molecule has 4 nitrogen and oxygen atoms in total. The molecule has 1 saturated heterocycles. The Morgan fingerprint density at radius 3 is 2.95 bits per heavy atom. The van der Waals surface area contributed by atoms with Crippen LogP contribution in [0.3, 0.4) is 0 Å². The molecule has 1 aromatic rings. The van der Waals surface area contributed by atoms with E-state index in [1.54, 1.807) is 0 Å². The minimum atomic E-state index is 0.163. The average Bonchev–Trinajstić information content (AvgIpc) is 2.83. The van der Waals surface area contributed by atoms with Gasteiger partial charge in [-0.2, -0.15) is 0 Å². The van der Waals surface area contributed by atoms with Crippen molar-refractivity contribution in [1.29, 1.82) is 0 Å². The third kappa shape index (κ3) is 2.64. The second kappa shape index (κ2) is 5.38. The number of fused-ring (bicyclic) bond motifs is 1. The van der Waals surface area contributed by atoms with Gasteiger partial charge in [0.1, 0.15) is 0 Å². The molecule has 0 bridgehead atoms. The van der Waals surface area contributed by atoms with E-state index < -0.39 is 0 Å². The number of likely N-dealkylation sites (tertiary alicyclic amines) is 1. The minimum absolute atomic E-state index is 0.163. The first-order valence-electron chi connectivity index (χ1n) is 7.31. The number of piperidine rings is 1. The number of nitrogens with zero attached hydrogens (tertiary/aromatic N) is 3. The van der Waals surface area contributed by atoms with Crippen LogP contribution in [0.5, 0.6) is 0 Å². The lowest BCUT2D eigenvalue weighted by molar-refractivity contribution is 0.248. The van der Waals surface area contributed by atoms with Crippen LogP contribution in [0.15, 0.2) is 0 Å². The van der Waals surface area contributed by atoms with Crippen LogP contribution in [0.2, 0.25) is 0 Å². The standard InChI is InChI=1S/C14H24N4S/c1-17-8-4-5-10(9-17)18(2)14-16-13-11(15)6-3-7-12(13)19-14/h10-11H,3-9,15H2,1-2H3. The van der Waals surface area contributed by atoms with E-state index in [1.165, 1.54) is 47.9 Å². The number of likely N-dealkylation sites (N-methyl/N-ethyl adjacent to an activating group) is 2. The summed E-state index contributed by atoms with van der Waals surface area (Å²) in [7, 11) is 4.41. The lowest BCUT2D eigenvalue weighted by atomic mass is 9.99. The third-order valence-electron chi connectivity index (χ3n) is 4.44. The van der Waals surface area contributed by atoms with Gasteiger partial charge < -0.3 is 15.5 Å². The Hall–Kier alpha value is -0.650. The number of aromatic nitrogens is 1. The van der Waals surface area contributed by atoms with Gasteiger partial charge in [0, 0.05) is 30.6 Å². The minimum Gasteiger partial charge on any atom is -0.347 e. The molecule has 0 amide bonds. The van der Waals surface area contributed by atoms with Crippen molar-refractivity contribution < 1.29 is 0 Å². The lowest BCUT2D eigenvalue weighted by Crippen LogP contribution is -2.45. The van der Waals surface area contributed by atoms with Gasteiger partial charge in [-0.3, -0.25) is 0 Å². The van der Waals surface area contributed by atoms with E-state index >= 15 is 0 Å². The van der Waals surface area contributed by atoms with E-state index in [0.717, 1.165) is 13.0 Å². The predicted octanol–water partition coefficient (Wildman–Crippen LogP) is 2.01. The van der Waals surface area contributed by atoms with E-state index in [4.69, 9.17) is 10.7 Å². The van der Waals surface area contributed by atoms with Crippen molar-refractivity contribution in [3.8, 4) is 0 Å². The monoisotopic (exact) mass is 280 g/mol. The van der Waals surface area contributed by atoms with Gasteiger partial charge >= 0.3 is 0 Å². The first kappa shape index (κ1) is 13.3. The van der Waals surface area contributed by atoms with Crippen molar-refractivity contribution in [3.63, 3.8) is 0 Å². The van der Waals surface area contributed by atoms with Crippen LogP contribution in [0.4, 0.5) is 5.13 Å². The summed E-state index contributed by atoms with van der Waals surface area (Å²) in [6.07, 6.45) is 6.03. The van der Waals surface area contributed by atoms with Gasteiger partial charge in [-0.1, -0.05) is 0 Å². The molecule has 3 rings (SSSR count). The molecule has 106 valence electrons. The highest BCUT2D eigenvalue weighted by Crippen LogP contribution is 2.36. The van der Waals surface area contributed by atoms with Crippen LogP contribution in [-0.4, -0.2) is 43.1 Å². The Balaban J connectivity index is 1.78. The van der Waals surface area contributed by atoms with E-state index in [-0.39, 0.29) is 6.04 Å². The molecular formula is C14H24N4S. The quantitative estimate of drug-likeness (QED) is 0.900. The largest absolute Gasteiger partial charge is 0.347 e. The molecule has 2 heterocycles. The van der Waals surface area contributed by atoms with Gasteiger partial charge in [0.25, 0.3) is 0 Å². The fourth-order valence-corrected chi connectivity index (χ4v) is 4.41. The molecule has 1 aliphatic carbocycles. The number of nitrogens with two attached hydrogens (primary N) is 1. The van der Waals surface area contributed by atoms with E-state index in [0.29, 0.717) is 6.04 Å². The van der Waals surface area contributed by atoms with Crippen LogP contribution in [-0.2, 0) is 6.42 Å². The second-order valence-corrected chi connectivity index (χ2v) is 7.03. The Morgan fingerprint density at radius 2 is 2.21 bits per heavy atom. The van der Waals surface area contributed by atoms with Gasteiger partial charge in [-0.15, -0.1) is 11.3 Å². The Kier molecular flexibility index (Phi) is 3.78. The normalized spacial score (nSPS) is 28.2. The SMILES string of the molecule is CN1CCCC(N(C)c2nc3c(s2)CCCC3N)C1. The van der Waals surface area contributed by atoms with Crippen molar-refractivity contribution in [2.45, 2.75) is 44.2 Å². The second-order valence-electron chi connectivity index (χ2n) is 5.97. The molecule has 2 unspecified atom stereocenters. The molecule has 5 heteroatoms. The van der Waals surface area contributed by atoms with E-state index in [9.17, 15) is 0 Å². The summed E-state index contributed by atoms with van der Waals surface area (Å²) in [5.74, 6) is 0. The first-order valence-corrected chi connectivity index (χ1v) is 8.13. The first-order chi connectivity index (χ1) is 9.15. The van der Waals surface area contributed by atoms with Crippen LogP contribution in [0, 0.1) is 0 Å². The molecule has 0 saturated carbocycles. The lowest BCUT2D eigenvalue weighted by Gasteiger charge is -2.35. The average molecular weight is 280 g/mol. The van der Waals surface area contributed by atoms with Crippen molar-refractivity contribution >= 4 is 16.5 Å². The Labute approximate surface area is 119 Å². The number of thiazole rings is 1. The van der Waals surface area contributed by atoms with E-state index in [2.05, 4.69) is 23.9 Å². The predicted molar refractivity (Wildman–Crippen MR) is 80.9 cm³/mol. The highest BCUT2D eigenvalue weighted by molar-refractivity contribution is 7.15. The zero-order valence-corrected chi connectivity index (χ0v) is 12.7. The summed E-state index contributed by atoms with van der Waals surface area (Å²) in [4.78, 5) is 11.1. The molecule has 1 aliphatic heterocycles. The van der Waals surface area contributed by atoms with Gasteiger partial charge in [0.2, 0.25) is 0 Å². The number of aryl methyl sites for hydroxylation is 1. The molecule has 1 fully saturated rings. The summed E-state index contributed by atoms with van der Waals surface area (Å²) in [5.41, 5.74) is 7.35. The summed E-state index contributed by atoms with van der Waals surface area (Å²) in [6.45, 7) is 2.37. The Morgan fingerprint density at radius 1 is 1.37 bits per heavy atom. The zero-order chi connectivity index (χ0) is 13.4. The smallest absolute Gasteiger partial charge is 0.185 e. The molecule has 0 aromatic carbocycles. The fourth-order valence-electron chi connectivity index (χ4n) is 3.20. The van der Waals surface area contributed by atoms with Crippen LogP contribution in [0.25, 0.3) is 0 Å². The van der Waals surface area contributed by atoms with Crippen LogP contribution >= 0.6 is 11.3 Å². The van der Waals surface area contributed by atoms with Crippen LogP contribution < -0.4 is 10.6 Å².